The molecule has 5 rings (SSSR count). The first-order chi connectivity index (χ1) is 14.8. The third kappa shape index (κ3) is 3.69. The summed E-state index contributed by atoms with van der Waals surface area (Å²) in [6, 6.07) is 28.1. The van der Waals surface area contributed by atoms with Crippen LogP contribution in [0.15, 0.2) is 89.3 Å². The monoisotopic (exact) mass is 395 g/mol. The van der Waals surface area contributed by atoms with Gasteiger partial charge in [0.05, 0.1) is 5.56 Å². The Morgan fingerprint density at radius 3 is 2.20 bits per heavy atom. The van der Waals surface area contributed by atoms with E-state index in [4.69, 9.17) is 4.42 Å². The Labute approximate surface area is 176 Å². The summed E-state index contributed by atoms with van der Waals surface area (Å²) in [7, 11) is 0. The van der Waals surface area contributed by atoms with Gasteiger partial charge in [-0.1, -0.05) is 78.9 Å². The first kappa shape index (κ1) is 18.8. The highest BCUT2D eigenvalue weighted by molar-refractivity contribution is 6.16. The number of nitrogens with zero attached hydrogens (tertiary/aromatic N) is 1. The molecule has 4 aromatic rings. The van der Waals surface area contributed by atoms with E-state index in [9.17, 15) is 4.79 Å². The van der Waals surface area contributed by atoms with Gasteiger partial charge in [0.25, 0.3) is 0 Å². The Morgan fingerprint density at radius 2 is 1.47 bits per heavy atom. The van der Waals surface area contributed by atoms with Gasteiger partial charge in [-0.15, -0.1) is 0 Å². The van der Waals surface area contributed by atoms with E-state index in [-0.39, 0.29) is 11.7 Å². The zero-order chi connectivity index (χ0) is 20.3. The molecule has 30 heavy (non-hydrogen) atoms. The molecule has 1 aromatic heterocycles. The number of hydrogen-bond donors (Lipinski definition) is 0. The quantitative estimate of drug-likeness (QED) is 0.386. The summed E-state index contributed by atoms with van der Waals surface area (Å²) in [6.07, 6.45) is 2.00. The van der Waals surface area contributed by atoms with E-state index >= 15 is 0 Å². The largest absolute Gasteiger partial charge is 0.460 e. The van der Waals surface area contributed by atoms with Crippen LogP contribution in [0.5, 0.6) is 0 Å². The van der Waals surface area contributed by atoms with E-state index in [1.54, 1.807) is 0 Å². The van der Waals surface area contributed by atoms with Gasteiger partial charge < -0.3 is 4.42 Å². The second-order valence-electron chi connectivity index (χ2n) is 8.07. The van der Waals surface area contributed by atoms with Crippen molar-refractivity contribution in [3.05, 3.63) is 107 Å². The molecule has 0 amide bonds. The number of ketones is 1. The van der Waals surface area contributed by atoms with Crippen LogP contribution in [-0.2, 0) is 6.54 Å². The standard InChI is InChI=1S/C27H25NO2/c29-26(21-11-5-2-6-12-21)25-23-13-7-8-14-24(23)30-27(25)22-15-17-28(18-16-22)19-20-9-3-1-4-10-20/h1-14,22H,15-19H2. The Morgan fingerprint density at radius 1 is 0.833 bits per heavy atom. The Balaban J connectivity index is 1.42. The molecule has 2 heterocycles. The van der Waals surface area contributed by atoms with Gasteiger partial charge in [-0.2, -0.15) is 0 Å². The number of fused-ring (bicyclic) bond motifs is 1. The predicted molar refractivity (Wildman–Crippen MR) is 120 cm³/mol. The van der Waals surface area contributed by atoms with Crippen LogP contribution in [0, 0.1) is 0 Å². The fourth-order valence-electron chi connectivity index (χ4n) is 4.51. The fraction of sp³-hybridized carbons (Fsp3) is 0.222. The minimum Gasteiger partial charge on any atom is -0.460 e. The maximum absolute atomic E-state index is 13.4. The zero-order valence-electron chi connectivity index (χ0n) is 17.0. The average Bonchev–Trinajstić information content (AvgIpc) is 3.20. The lowest BCUT2D eigenvalue weighted by atomic mass is 9.88. The summed E-state index contributed by atoms with van der Waals surface area (Å²) >= 11 is 0. The molecular formula is C27H25NO2. The molecule has 1 fully saturated rings. The summed E-state index contributed by atoms with van der Waals surface area (Å²) in [4.78, 5) is 15.9. The smallest absolute Gasteiger partial charge is 0.197 e. The summed E-state index contributed by atoms with van der Waals surface area (Å²) in [5.74, 6) is 1.19. The maximum atomic E-state index is 13.4. The van der Waals surface area contributed by atoms with Gasteiger partial charge in [-0.3, -0.25) is 9.69 Å². The molecule has 0 N–H and O–H groups in total. The van der Waals surface area contributed by atoms with Gasteiger partial charge in [0.15, 0.2) is 5.78 Å². The molecule has 1 saturated heterocycles. The lowest BCUT2D eigenvalue weighted by Crippen LogP contribution is -2.32. The van der Waals surface area contributed by atoms with Gasteiger partial charge in [0, 0.05) is 23.4 Å². The topological polar surface area (TPSA) is 33.5 Å². The highest BCUT2D eigenvalue weighted by Crippen LogP contribution is 2.37. The Kier molecular flexibility index (Phi) is 5.20. The zero-order valence-corrected chi connectivity index (χ0v) is 17.0. The number of benzene rings is 3. The molecule has 3 aromatic carbocycles. The lowest BCUT2D eigenvalue weighted by Gasteiger charge is -2.31. The fourth-order valence-corrected chi connectivity index (χ4v) is 4.51. The number of likely N-dealkylation sites (tertiary alicyclic amines) is 1. The van der Waals surface area contributed by atoms with Gasteiger partial charge in [-0.05, 0) is 37.6 Å². The van der Waals surface area contributed by atoms with Gasteiger partial charge >= 0.3 is 0 Å². The third-order valence-electron chi connectivity index (χ3n) is 6.09. The minimum atomic E-state index is 0.0577. The van der Waals surface area contributed by atoms with Gasteiger partial charge in [0.1, 0.15) is 11.3 Å². The number of carbonyl (C=O) groups excluding carboxylic acids is 1. The lowest BCUT2D eigenvalue weighted by molar-refractivity contribution is 0.103. The Hall–Kier alpha value is -3.17. The van der Waals surface area contributed by atoms with Crippen molar-refractivity contribution in [2.24, 2.45) is 0 Å². The van der Waals surface area contributed by atoms with Crippen molar-refractivity contribution in [2.45, 2.75) is 25.3 Å². The first-order valence-electron chi connectivity index (χ1n) is 10.7. The van der Waals surface area contributed by atoms with Crippen LogP contribution in [0.4, 0.5) is 0 Å². The number of piperidine rings is 1. The molecule has 1 aliphatic heterocycles. The molecule has 0 atom stereocenters. The van der Waals surface area contributed by atoms with Gasteiger partial charge in [0.2, 0.25) is 0 Å². The first-order valence-corrected chi connectivity index (χ1v) is 10.7. The second kappa shape index (κ2) is 8.29. The molecule has 0 radical (unpaired) electrons. The molecular weight excluding hydrogens is 370 g/mol. The number of rotatable bonds is 5. The van der Waals surface area contributed by atoms with Crippen molar-refractivity contribution in [1.29, 1.82) is 0 Å². The van der Waals surface area contributed by atoms with Crippen LogP contribution in [0.2, 0.25) is 0 Å². The molecule has 150 valence electrons. The highest BCUT2D eigenvalue weighted by Gasteiger charge is 2.30. The highest BCUT2D eigenvalue weighted by atomic mass is 16.3. The van der Waals surface area contributed by atoms with E-state index in [1.165, 1.54) is 5.56 Å². The van der Waals surface area contributed by atoms with Crippen LogP contribution in [-0.4, -0.2) is 23.8 Å². The van der Waals surface area contributed by atoms with E-state index in [0.29, 0.717) is 5.56 Å². The molecule has 3 nitrogen and oxygen atoms in total. The van der Waals surface area contributed by atoms with Crippen LogP contribution >= 0.6 is 0 Å². The molecule has 1 aliphatic rings. The molecule has 3 heteroatoms. The van der Waals surface area contributed by atoms with Crippen LogP contribution in [0.1, 0.15) is 46.0 Å². The number of furan rings is 1. The van der Waals surface area contributed by atoms with Crippen LogP contribution in [0.25, 0.3) is 11.0 Å². The number of hydrogen-bond acceptors (Lipinski definition) is 3. The normalized spacial score (nSPS) is 15.5. The van der Waals surface area contributed by atoms with Crippen molar-refractivity contribution in [3.8, 4) is 0 Å². The van der Waals surface area contributed by atoms with Crippen molar-refractivity contribution in [2.75, 3.05) is 13.1 Å². The van der Waals surface area contributed by atoms with Crippen molar-refractivity contribution >= 4 is 16.8 Å². The molecule has 0 saturated carbocycles. The van der Waals surface area contributed by atoms with Crippen molar-refractivity contribution in [1.82, 2.24) is 4.90 Å². The molecule has 0 spiro atoms. The summed E-state index contributed by atoms with van der Waals surface area (Å²) in [6.45, 7) is 2.99. The summed E-state index contributed by atoms with van der Waals surface area (Å²) in [5.41, 5.74) is 3.61. The van der Waals surface area contributed by atoms with E-state index in [0.717, 1.165) is 54.8 Å². The van der Waals surface area contributed by atoms with Crippen LogP contribution in [0.3, 0.4) is 0 Å². The average molecular weight is 396 g/mol. The minimum absolute atomic E-state index is 0.0577. The summed E-state index contributed by atoms with van der Waals surface area (Å²) < 4.78 is 6.30. The molecule has 0 aliphatic carbocycles. The van der Waals surface area contributed by atoms with Crippen LogP contribution < -0.4 is 0 Å². The SMILES string of the molecule is O=C(c1ccccc1)c1c(C2CCN(Cc3ccccc3)CC2)oc2ccccc12. The maximum Gasteiger partial charge on any atom is 0.197 e. The van der Waals surface area contributed by atoms with E-state index in [2.05, 4.69) is 35.2 Å². The number of para-hydroxylation sites is 1. The Bertz CT molecular complexity index is 1140. The molecule has 0 unspecified atom stereocenters. The third-order valence-corrected chi connectivity index (χ3v) is 6.09. The van der Waals surface area contributed by atoms with Gasteiger partial charge in [-0.25, -0.2) is 0 Å². The van der Waals surface area contributed by atoms with E-state index < -0.39 is 0 Å². The molecule has 0 bridgehead atoms. The number of carbonyl (C=O) groups is 1. The second-order valence-corrected chi connectivity index (χ2v) is 8.07. The van der Waals surface area contributed by atoms with E-state index in [1.807, 2.05) is 54.6 Å². The summed E-state index contributed by atoms with van der Waals surface area (Å²) in [5, 5.41) is 0.924. The predicted octanol–water partition coefficient (Wildman–Crippen LogP) is 6.04. The van der Waals surface area contributed by atoms with Crippen molar-refractivity contribution < 1.29 is 9.21 Å². The van der Waals surface area contributed by atoms with Crippen molar-refractivity contribution in [3.63, 3.8) is 0 Å².